The van der Waals surface area contributed by atoms with Gasteiger partial charge < -0.3 is 24.8 Å². The molecule has 0 nitrogen and oxygen atoms in total. The number of fused-ring (bicyclic) bond motifs is 3. The molecule has 0 amide bonds. The first-order valence-corrected chi connectivity index (χ1v) is 16.8. The Hall–Kier alpha value is -2.31. The first-order chi connectivity index (χ1) is 17.5. The fourth-order valence-corrected chi connectivity index (χ4v) is 15.5. The summed E-state index contributed by atoms with van der Waals surface area (Å²) in [5.41, 5.74) is 14.5. The van der Waals surface area contributed by atoms with Crippen molar-refractivity contribution >= 4 is 3.21 Å². The summed E-state index contributed by atoms with van der Waals surface area (Å²) in [5, 5.41) is 0. The number of halogens is 2. The monoisotopic (exact) mass is 612 g/mol. The van der Waals surface area contributed by atoms with E-state index in [0.717, 1.165) is 6.42 Å². The smallest absolute Gasteiger partial charge is 1.00 e. The maximum atomic E-state index is 2.57. The van der Waals surface area contributed by atoms with Gasteiger partial charge in [0.15, 0.2) is 0 Å². The Morgan fingerprint density at radius 3 is 1.53 bits per heavy atom. The Morgan fingerprint density at radius 1 is 0.632 bits per heavy atom. The maximum Gasteiger partial charge on any atom is -1.00 e. The number of benzene rings is 4. The Balaban J connectivity index is 0.00000168. The number of allylic oxidation sites excluding steroid dienone is 4. The summed E-state index contributed by atoms with van der Waals surface area (Å²) < 4.78 is 3.82. The van der Waals surface area contributed by atoms with Gasteiger partial charge in [0.25, 0.3) is 0 Å². The van der Waals surface area contributed by atoms with Crippen molar-refractivity contribution in [1.82, 2.24) is 0 Å². The number of hydrogen-bond donors (Lipinski definition) is 0. The molecule has 0 atom stereocenters. The molecule has 0 saturated carbocycles. The summed E-state index contributed by atoms with van der Waals surface area (Å²) in [7, 11) is 0. The number of aryl methyl sites for hydroxylation is 2. The zero-order valence-electron chi connectivity index (χ0n) is 22.4. The number of rotatable bonds is 4. The maximum absolute atomic E-state index is 2.60. The third kappa shape index (κ3) is 5.14. The van der Waals surface area contributed by atoms with Crippen LogP contribution in [0.1, 0.15) is 57.3 Å². The van der Waals surface area contributed by atoms with E-state index >= 15 is 0 Å². The molecule has 0 aliphatic heterocycles. The topological polar surface area (TPSA) is 0 Å². The van der Waals surface area contributed by atoms with Crippen LogP contribution in [-0.4, -0.2) is 3.21 Å². The van der Waals surface area contributed by atoms with E-state index in [1.807, 2.05) is 0 Å². The van der Waals surface area contributed by atoms with Crippen LogP contribution in [0.4, 0.5) is 0 Å². The van der Waals surface area contributed by atoms with Crippen LogP contribution >= 0.6 is 0 Å². The Bertz CT molecular complexity index is 1480. The van der Waals surface area contributed by atoms with Crippen molar-refractivity contribution in [2.75, 3.05) is 0 Å². The third-order valence-electron chi connectivity index (χ3n) is 7.87. The summed E-state index contributed by atoms with van der Waals surface area (Å²) in [6.07, 6.45) is 3.70. The van der Waals surface area contributed by atoms with Gasteiger partial charge in [-0.15, -0.1) is 0 Å². The third-order valence-corrected chi connectivity index (χ3v) is 16.1. The van der Waals surface area contributed by atoms with Crippen molar-refractivity contribution in [3.05, 3.63) is 151 Å². The standard InChI is InChI=1S/C15H13.C13H10.C7H9.2ClH.Zr/c1-10-3-5-14-12(7-10)9-13-8-11(2)4-6-15(13)14;1-3-7-12(8-4-1)11-13-9-5-2-6-10-13;1-6-4-3-5-7(6)2;;;/h3-9H,1-2H3;1-10H;4H,5H2,1-2H3;2*1H;/q;;;;;+2/p-2. The van der Waals surface area contributed by atoms with E-state index in [9.17, 15) is 0 Å². The zero-order valence-corrected chi connectivity index (χ0v) is 26.3. The van der Waals surface area contributed by atoms with Crippen LogP contribution in [0.25, 0.3) is 11.1 Å². The molecule has 0 bridgehead atoms. The van der Waals surface area contributed by atoms with Crippen molar-refractivity contribution in [3.63, 3.8) is 0 Å². The molecule has 3 heteroatoms. The first kappa shape index (κ1) is 28.7. The van der Waals surface area contributed by atoms with E-state index in [-0.39, 0.29) is 24.8 Å². The van der Waals surface area contributed by atoms with E-state index in [1.54, 1.807) is 17.6 Å². The average molecular weight is 615 g/mol. The van der Waals surface area contributed by atoms with Gasteiger partial charge in [0, 0.05) is 0 Å². The van der Waals surface area contributed by atoms with Gasteiger partial charge in [-0.3, -0.25) is 0 Å². The van der Waals surface area contributed by atoms with Gasteiger partial charge in [-0.2, -0.15) is 0 Å². The predicted molar refractivity (Wildman–Crippen MR) is 150 cm³/mol. The van der Waals surface area contributed by atoms with E-state index in [1.165, 1.54) is 44.5 Å². The summed E-state index contributed by atoms with van der Waals surface area (Å²) in [6.45, 7) is 9.13. The van der Waals surface area contributed by atoms with Crippen LogP contribution in [0, 0.1) is 13.8 Å². The molecule has 4 aromatic rings. The summed E-state index contributed by atoms with van der Waals surface area (Å²) >= 11 is -2.60. The van der Waals surface area contributed by atoms with Gasteiger partial charge in [-0.1, -0.05) is 0 Å². The summed E-state index contributed by atoms with van der Waals surface area (Å²) in [4.78, 5) is 0. The van der Waals surface area contributed by atoms with Gasteiger partial charge in [-0.25, -0.2) is 0 Å². The van der Waals surface area contributed by atoms with Crippen LogP contribution in [0.2, 0.25) is 0 Å². The van der Waals surface area contributed by atoms with E-state index in [0.29, 0.717) is 3.63 Å². The van der Waals surface area contributed by atoms with Crippen molar-refractivity contribution in [1.29, 1.82) is 0 Å². The minimum Gasteiger partial charge on any atom is -1.00 e. The van der Waals surface area contributed by atoms with Crippen LogP contribution in [0.15, 0.2) is 118 Å². The number of hydrogen-bond acceptors (Lipinski definition) is 0. The predicted octanol–water partition coefficient (Wildman–Crippen LogP) is 2.89. The van der Waals surface area contributed by atoms with Crippen LogP contribution < -0.4 is 24.8 Å². The molecule has 2 aliphatic carbocycles. The molecule has 0 N–H and O–H groups in total. The van der Waals surface area contributed by atoms with E-state index < -0.39 is 21.3 Å². The summed E-state index contributed by atoms with van der Waals surface area (Å²) in [5.74, 6) is 0. The largest absolute Gasteiger partial charge is 1.00 e. The van der Waals surface area contributed by atoms with Gasteiger partial charge >= 0.3 is 224 Å². The molecule has 0 heterocycles. The molecule has 0 unspecified atom stereocenters. The molecule has 0 spiro atoms. The Labute approximate surface area is 247 Å². The molecule has 4 aromatic carbocycles. The van der Waals surface area contributed by atoms with Crippen molar-refractivity contribution in [2.45, 2.75) is 37.7 Å². The zero-order chi connectivity index (χ0) is 24.8. The minimum atomic E-state index is -2.60. The molecule has 0 fully saturated rings. The van der Waals surface area contributed by atoms with E-state index in [2.05, 4.69) is 131 Å². The SMILES string of the molecule is CC1=C(C)C[C]([Zr+2](=[C](c2ccccc2)c2ccccc2)[CH]2c3cc(C)ccc3-c3ccc(C)cc32)=C1.[Cl-].[Cl-]. The molecule has 190 valence electrons. The fourth-order valence-electron chi connectivity index (χ4n) is 6.02. The Morgan fingerprint density at radius 2 is 1.11 bits per heavy atom. The van der Waals surface area contributed by atoms with Gasteiger partial charge in [0.05, 0.1) is 0 Å². The second kappa shape index (κ2) is 11.8. The molecule has 0 aromatic heterocycles. The second-order valence-corrected chi connectivity index (χ2v) is 16.7. The second-order valence-electron chi connectivity index (χ2n) is 10.4. The molecule has 0 saturated heterocycles. The molecule has 2 aliphatic rings. The van der Waals surface area contributed by atoms with Crippen LogP contribution in [0.3, 0.4) is 0 Å². The molecule has 0 radical (unpaired) electrons. The normalized spacial score (nSPS) is 13.5. The molecule has 38 heavy (non-hydrogen) atoms. The van der Waals surface area contributed by atoms with Gasteiger partial charge in [0.2, 0.25) is 0 Å². The van der Waals surface area contributed by atoms with Crippen molar-refractivity contribution < 1.29 is 46.1 Å². The van der Waals surface area contributed by atoms with Gasteiger partial charge in [0.1, 0.15) is 0 Å². The first-order valence-electron chi connectivity index (χ1n) is 12.9. The van der Waals surface area contributed by atoms with Crippen LogP contribution in [-0.2, 0) is 21.3 Å². The molecular weight excluding hydrogens is 583 g/mol. The van der Waals surface area contributed by atoms with E-state index in [4.69, 9.17) is 0 Å². The summed E-state index contributed by atoms with van der Waals surface area (Å²) in [6, 6.07) is 36.8. The Kier molecular flexibility index (Phi) is 8.94. The molecule has 6 rings (SSSR count). The van der Waals surface area contributed by atoms with Crippen LogP contribution in [0.5, 0.6) is 0 Å². The quantitative estimate of drug-likeness (QED) is 0.332. The van der Waals surface area contributed by atoms with Gasteiger partial charge in [-0.05, 0) is 0 Å². The minimum absolute atomic E-state index is 0. The van der Waals surface area contributed by atoms with Crippen molar-refractivity contribution in [2.24, 2.45) is 0 Å². The fraction of sp³-hybridized carbons (Fsp3) is 0.171. The average Bonchev–Trinajstić information content (AvgIpc) is 3.38. The van der Waals surface area contributed by atoms with Crippen molar-refractivity contribution in [3.8, 4) is 11.1 Å². The molecular formula is C35H32Cl2Zr.